The van der Waals surface area contributed by atoms with Crippen LogP contribution in [0.15, 0.2) is 83.7 Å². The van der Waals surface area contributed by atoms with Gasteiger partial charge >= 0.3 is 0 Å². The Balaban J connectivity index is 1.63. The smallest absolute Gasteiger partial charge is 0.189 e. The number of hydrogen-bond acceptors (Lipinski definition) is 2. The van der Waals surface area contributed by atoms with Gasteiger partial charge < -0.3 is 4.98 Å². The number of hydrogen-bond donors (Lipinski definition) is 1. The first-order valence-corrected chi connectivity index (χ1v) is 9.70. The van der Waals surface area contributed by atoms with Gasteiger partial charge in [-0.1, -0.05) is 60.2 Å². The van der Waals surface area contributed by atoms with Crippen molar-refractivity contribution in [2.45, 2.75) is 26.6 Å². The van der Waals surface area contributed by atoms with E-state index in [1.807, 2.05) is 18.2 Å². The maximum absolute atomic E-state index is 13.5. The van der Waals surface area contributed by atoms with Gasteiger partial charge in [0.15, 0.2) is 5.43 Å². The number of aromatic nitrogens is 1. The number of aromatic amines is 1. The van der Waals surface area contributed by atoms with Crippen LogP contribution in [0.3, 0.4) is 0 Å². The summed E-state index contributed by atoms with van der Waals surface area (Å²) >= 11 is 0. The molecule has 29 heavy (non-hydrogen) atoms. The number of rotatable bonds is 6. The van der Waals surface area contributed by atoms with Crippen LogP contribution in [0, 0.1) is 12.7 Å². The number of H-pyrrole nitrogens is 1. The normalized spacial score (nSPS) is 11.3. The van der Waals surface area contributed by atoms with Crippen molar-refractivity contribution in [3.05, 3.63) is 117 Å². The lowest BCUT2D eigenvalue weighted by Crippen LogP contribution is -2.24. The molecule has 0 aliphatic rings. The minimum absolute atomic E-state index is 0.164. The third-order valence-corrected chi connectivity index (χ3v) is 5.02. The number of nitrogens with one attached hydrogen (secondary N) is 1. The number of benzene rings is 3. The molecule has 0 radical (unpaired) electrons. The molecule has 0 aliphatic heterocycles. The van der Waals surface area contributed by atoms with Crippen molar-refractivity contribution in [3.63, 3.8) is 0 Å². The molecule has 0 aliphatic carbocycles. The lowest BCUT2D eigenvalue weighted by molar-refractivity contribution is 0.245. The van der Waals surface area contributed by atoms with Gasteiger partial charge in [0, 0.05) is 42.3 Å². The first-order chi connectivity index (χ1) is 14.1. The van der Waals surface area contributed by atoms with Crippen LogP contribution in [-0.4, -0.2) is 9.88 Å². The standard InChI is InChI=1S/C25H23FN2O/c1-18-7-9-20(10-8-18)16-28(15-19-5-3-2-4-6-19)17-22-14-25(29)23-13-21(26)11-12-24(23)27-22/h2-14H,15-17H2,1H3,(H,27,29). The molecule has 0 saturated carbocycles. The van der Waals surface area contributed by atoms with E-state index >= 15 is 0 Å². The summed E-state index contributed by atoms with van der Waals surface area (Å²) in [5.41, 5.74) is 4.97. The first kappa shape index (κ1) is 19.1. The predicted molar refractivity (Wildman–Crippen MR) is 115 cm³/mol. The molecule has 0 saturated heterocycles. The zero-order valence-electron chi connectivity index (χ0n) is 16.4. The van der Waals surface area contributed by atoms with E-state index in [0.717, 1.165) is 18.8 Å². The van der Waals surface area contributed by atoms with Crippen molar-refractivity contribution in [2.75, 3.05) is 0 Å². The van der Waals surface area contributed by atoms with Crippen LogP contribution in [0.5, 0.6) is 0 Å². The Morgan fingerprint density at radius 1 is 0.828 bits per heavy atom. The second-order valence-electron chi connectivity index (χ2n) is 7.47. The monoisotopic (exact) mass is 386 g/mol. The van der Waals surface area contributed by atoms with Crippen molar-refractivity contribution in [1.82, 2.24) is 9.88 Å². The molecule has 1 N–H and O–H groups in total. The molecular weight excluding hydrogens is 363 g/mol. The van der Waals surface area contributed by atoms with E-state index in [2.05, 4.69) is 53.2 Å². The van der Waals surface area contributed by atoms with Crippen molar-refractivity contribution in [2.24, 2.45) is 0 Å². The minimum Gasteiger partial charge on any atom is -0.357 e. The fraction of sp³-hybridized carbons (Fsp3) is 0.160. The lowest BCUT2D eigenvalue weighted by Gasteiger charge is -2.23. The molecule has 3 aromatic carbocycles. The van der Waals surface area contributed by atoms with E-state index in [1.165, 1.54) is 28.8 Å². The molecule has 4 heteroatoms. The quantitative estimate of drug-likeness (QED) is 0.496. The van der Waals surface area contributed by atoms with E-state index in [4.69, 9.17) is 0 Å². The molecule has 0 fully saturated rings. The van der Waals surface area contributed by atoms with Crippen LogP contribution in [-0.2, 0) is 19.6 Å². The molecular formula is C25H23FN2O. The summed E-state index contributed by atoms with van der Waals surface area (Å²) < 4.78 is 13.5. The Morgan fingerprint density at radius 2 is 1.52 bits per heavy atom. The molecule has 0 unspecified atom stereocenters. The highest BCUT2D eigenvalue weighted by Gasteiger charge is 2.11. The van der Waals surface area contributed by atoms with Crippen LogP contribution >= 0.6 is 0 Å². The maximum Gasteiger partial charge on any atom is 0.189 e. The molecule has 4 aromatic rings. The zero-order valence-corrected chi connectivity index (χ0v) is 16.4. The minimum atomic E-state index is -0.402. The third-order valence-electron chi connectivity index (χ3n) is 5.02. The Kier molecular flexibility index (Phi) is 5.54. The predicted octanol–water partition coefficient (Wildman–Crippen LogP) is 5.18. The summed E-state index contributed by atoms with van der Waals surface area (Å²) in [7, 11) is 0. The van der Waals surface area contributed by atoms with Crippen LogP contribution in [0.1, 0.15) is 22.4 Å². The summed E-state index contributed by atoms with van der Waals surface area (Å²) in [5.74, 6) is -0.402. The molecule has 3 nitrogen and oxygen atoms in total. The van der Waals surface area contributed by atoms with Gasteiger partial charge in [0.05, 0.1) is 0 Å². The van der Waals surface area contributed by atoms with Crippen molar-refractivity contribution in [3.8, 4) is 0 Å². The third kappa shape index (κ3) is 4.79. The molecule has 1 heterocycles. The van der Waals surface area contributed by atoms with Crippen LogP contribution in [0.2, 0.25) is 0 Å². The first-order valence-electron chi connectivity index (χ1n) is 9.70. The molecule has 0 amide bonds. The average Bonchev–Trinajstić information content (AvgIpc) is 2.71. The lowest BCUT2D eigenvalue weighted by atomic mass is 10.1. The van der Waals surface area contributed by atoms with Gasteiger partial charge in [-0.25, -0.2) is 4.39 Å². The van der Waals surface area contributed by atoms with Gasteiger partial charge in [0.2, 0.25) is 0 Å². The highest BCUT2D eigenvalue weighted by atomic mass is 19.1. The van der Waals surface area contributed by atoms with Gasteiger partial charge in [0.1, 0.15) is 5.82 Å². The zero-order chi connectivity index (χ0) is 20.2. The van der Waals surface area contributed by atoms with Gasteiger partial charge in [0.25, 0.3) is 0 Å². The molecule has 1 aromatic heterocycles. The second kappa shape index (κ2) is 8.41. The van der Waals surface area contributed by atoms with E-state index in [0.29, 0.717) is 17.4 Å². The Morgan fingerprint density at radius 3 is 2.24 bits per heavy atom. The number of aryl methyl sites for hydroxylation is 1. The van der Waals surface area contributed by atoms with Gasteiger partial charge in [-0.15, -0.1) is 0 Å². The van der Waals surface area contributed by atoms with E-state index in [1.54, 1.807) is 12.1 Å². The van der Waals surface area contributed by atoms with E-state index in [-0.39, 0.29) is 5.43 Å². The van der Waals surface area contributed by atoms with Crippen LogP contribution in [0.4, 0.5) is 4.39 Å². The number of fused-ring (bicyclic) bond motifs is 1. The van der Waals surface area contributed by atoms with Crippen molar-refractivity contribution in [1.29, 1.82) is 0 Å². The summed E-state index contributed by atoms with van der Waals surface area (Å²) in [6.45, 7) is 4.19. The Labute approximate surface area is 169 Å². The van der Waals surface area contributed by atoms with Gasteiger partial charge in [-0.2, -0.15) is 0 Å². The number of halogens is 1. The molecule has 0 spiro atoms. The second-order valence-corrected chi connectivity index (χ2v) is 7.47. The summed E-state index contributed by atoms with van der Waals surface area (Å²) in [4.78, 5) is 18.1. The molecule has 0 atom stereocenters. The summed E-state index contributed by atoms with van der Waals surface area (Å²) in [6.07, 6.45) is 0. The average molecular weight is 386 g/mol. The van der Waals surface area contributed by atoms with Crippen molar-refractivity contribution < 1.29 is 4.39 Å². The molecule has 146 valence electrons. The summed E-state index contributed by atoms with van der Waals surface area (Å²) in [6, 6.07) is 24.6. The highest BCUT2D eigenvalue weighted by Crippen LogP contribution is 2.16. The van der Waals surface area contributed by atoms with E-state index < -0.39 is 5.82 Å². The fourth-order valence-corrected chi connectivity index (χ4v) is 3.56. The van der Waals surface area contributed by atoms with Crippen LogP contribution < -0.4 is 5.43 Å². The van der Waals surface area contributed by atoms with Crippen LogP contribution in [0.25, 0.3) is 10.9 Å². The molecule has 0 bridgehead atoms. The highest BCUT2D eigenvalue weighted by molar-refractivity contribution is 5.78. The Bertz CT molecular complexity index is 1170. The van der Waals surface area contributed by atoms with E-state index in [9.17, 15) is 9.18 Å². The maximum atomic E-state index is 13.5. The summed E-state index contributed by atoms with van der Waals surface area (Å²) in [5, 5.41) is 0.377. The Hall–Kier alpha value is -3.24. The fourth-order valence-electron chi connectivity index (χ4n) is 3.56. The SMILES string of the molecule is Cc1ccc(CN(Cc2ccccc2)Cc2cc(=O)c3cc(F)ccc3[nH]2)cc1. The van der Waals surface area contributed by atoms with Crippen molar-refractivity contribution >= 4 is 10.9 Å². The largest absolute Gasteiger partial charge is 0.357 e. The topological polar surface area (TPSA) is 36.1 Å². The van der Waals surface area contributed by atoms with Gasteiger partial charge in [-0.05, 0) is 36.2 Å². The van der Waals surface area contributed by atoms with Gasteiger partial charge in [-0.3, -0.25) is 9.69 Å². The molecule has 4 rings (SSSR count). The number of pyridine rings is 1. The number of nitrogens with zero attached hydrogens (tertiary/aromatic N) is 1.